The number of hydrogen-bond donors (Lipinski definition) is 0. The van der Waals surface area contributed by atoms with Crippen LogP contribution in [0.5, 0.6) is 0 Å². The molecule has 21 heavy (non-hydrogen) atoms. The third-order valence-electron chi connectivity index (χ3n) is 3.35. The van der Waals surface area contributed by atoms with Gasteiger partial charge < -0.3 is 14.2 Å². The van der Waals surface area contributed by atoms with Crippen molar-refractivity contribution < 1.29 is 28.6 Å². The van der Waals surface area contributed by atoms with Gasteiger partial charge in [0.25, 0.3) is 0 Å². The molecule has 0 unspecified atom stereocenters. The molecule has 2 aliphatic heterocycles. The molecule has 0 aromatic rings. The maximum Gasteiger partial charge on any atom is 0.313 e. The Bertz CT molecular complexity index is 479. The van der Waals surface area contributed by atoms with Crippen molar-refractivity contribution in [1.82, 2.24) is 0 Å². The molecule has 1 fully saturated rings. The van der Waals surface area contributed by atoms with E-state index >= 15 is 0 Å². The molecule has 0 aromatic heterocycles. The molecule has 2 heterocycles. The minimum Gasteiger partial charge on any atom is -0.463 e. The Balaban J connectivity index is 2.26. The van der Waals surface area contributed by atoms with Gasteiger partial charge in [0, 0.05) is 0 Å². The summed E-state index contributed by atoms with van der Waals surface area (Å²) < 4.78 is 15.9. The Labute approximate surface area is 123 Å². The Morgan fingerprint density at radius 1 is 1.05 bits per heavy atom. The Morgan fingerprint density at radius 3 is 2.10 bits per heavy atom. The highest BCUT2D eigenvalue weighted by atomic mass is 16.6. The summed E-state index contributed by atoms with van der Waals surface area (Å²) in [6.07, 6.45) is 0.645. The highest BCUT2D eigenvalue weighted by molar-refractivity contribution is 6.00. The number of esters is 2. The van der Waals surface area contributed by atoms with Crippen molar-refractivity contribution in [2.24, 2.45) is 11.8 Å². The highest BCUT2D eigenvalue weighted by Gasteiger charge is 2.56. The molecule has 6 nitrogen and oxygen atoms in total. The normalized spacial score (nSPS) is 30.9. The molecule has 2 bridgehead atoms. The van der Waals surface area contributed by atoms with Gasteiger partial charge in [-0.05, 0) is 33.8 Å². The predicted octanol–water partition coefficient (Wildman–Crippen LogP) is 1.03. The van der Waals surface area contributed by atoms with Crippen molar-refractivity contribution in [3.8, 4) is 0 Å². The minimum atomic E-state index is -0.962. The summed E-state index contributed by atoms with van der Waals surface area (Å²) in [6, 6.07) is 0. The lowest BCUT2D eigenvalue weighted by atomic mass is 9.87. The van der Waals surface area contributed by atoms with E-state index in [-0.39, 0.29) is 18.0 Å². The molecule has 1 saturated heterocycles. The van der Waals surface area contributed by atoms with Gasteiger partial charge in [-0.15, -0.1) is 0 Å². The molecule has 2 rings (SSSR count). The van der Waals surface area contributed by atoms with E-state index in [2.05, 4.69) is 0 Å². The maximum absolute atomic E-state index is 12.3. The van der Waals surface area contributed by atoms with Crippen molar-refractivity contribution in [3.05, 3.63) is 12.2 Å². The Kier molecular flexibility index (Phi) is 4.46. The minimum absolute atomic E-state index is 0.306. The SMILES string of the molecule is CC(C)OC(=O)[C@@H]1[C@@H](C(=O)OC(C)C)[C@H]2O[C@@H]1C=CC2=O. The van der Waals surface area contributed by atoms with E-state index in [1.54, 1.807) is 27.7 Å². The van der Waals surface area contributed by atoms with Crippen molar-refractivity contribution in [2.75, 3.05) is 0 Å². The molecule has 4 atom stereocenters. The number of rotatable bonds is 4. The van der Waals surface area contributed by atoms with Crippen LogP contribution in [0.4, 0.5) is 0 Å². The summed E-state index contributed by atoms with van der Waals surface area (Å²) in [5.41, 5.74) is 0. The summed E-state index contributed by atoms with van der Waals surface area (Å²) in [7, 11) is 0. The number of ketones is 1. The van der Waals surface area contributed by atoms with Gasteiger partial charge in [0.05, 0.1) is 18.3 Å². The Morgan fingerprint density at radius 2 is 1.57 bits per heavy atom. The fourth-order valence-corrected chi connectivity index (χ4v) is 2.60. The summed E-state index contributed by atoms with van der Waals surface area (Å²) in [5.74, 6) is -3.25. The quantitative estimate of drug-likeness (QED) is 0.721. The third kappa shape index (κ3) is 3.15. The van der Waals surface area contributed by atoms with Gasteiger partial charge in [-0.1, -0.05) is 6.08 Å². The molecule has 0 radical (unpaired) electrons. The predicted molar refractivity (Wildman–Crippen MR) is 72.2 cm³/mol. The topological polar surface area (TPSA) is 78.9 Å². The van der Waals surface area contributed by atoms with Crippen LogP contribution in [0.1, 0.15) is 27.7 Å². The molecule has 0 amide bonds. The van der Waals surface area contributed by atoms with E-state index in [0.717, 1.165) is 0 Å². The van der Waals surface area contributed by atoms with E-state index in [1.165, 1.54) is 12.2 Å². The standard InChI is InChI=1S/C15H20O6/c1-7(2)19-14(17)11-10-6-5-9(16)13(21-10)12(11)15(18)20-8(3)4/h5-8,10-13H,1-4H3/t10-,11+,12-,13+/m1/s1. The monoisotopic (exact) mass is 296 g/mol. The summed E-state index contributed by atoms with van der Waals surface area (Å²) in [4.78, 5) is 36.4. The van der Waals surface area contributed by atoms with Gasteiger partial charge in [0.1, 0.15) is 17.9 Å². The van der Waals surface area contributed by atoms with Gasteiger partial charge in [-0.3, -0.25) is 14.4 Å². The second kappa shape index (κ2) is 5.97. The second-order valence-corrected chi connectivity index (χ2v) is 5.81. The summed E-state index contributed by atoms with van der Waals surface area (Å²) >= 11 is 0. The van der Waals surface area contributed by atoms with E-state index in [0.29, 0.717) is 0 Å². The van der Waals surface area contributed by atoms with E-state index in [4.69, 9.17) is 14.2 Å². The molecule has 0 aromatic carbocycles. The zero-order chi connectivity index (χ0) is 15.7. The van der Waals surface area contributed by atoms with Gasteiger partial charge >= 0.3 is 11.9 Å². The van der Waals surface area contributed by atoms with Crippen molar-refractivity contribution in [2.45, 2.75) is 52.1 Å². The average molecular weight is 296 g/mol. The van der Waals surface area contributed by atoms with Crippen molar-refractivity contribution in [3.63, 3.8) is 0 Å². The van der Waals surface area contributed by atoms with E-state index < -0.39 is 36.0 Å². The first-order valence-corrected chi connectivity index (χ1v) is 7.09. The first-order valence-electron chi connectivity index (χ1n) is 7.09. The van der Waals surface area contributed by atoms with Gasteiger partial charge in [0.2, 0.25) is 0 Å². The molecule has 116 valence electrons. The largest absolute Gasteiger partial charge is 0.463 e. The van der Waals surface area contributed by atoms with Crippen LogP contribution in [-0.2, 0) is 28.6 Å². The number of ether oxygens (including phenoxy) is 3. The van der Waals surface area contributed by atoms with Crippen LogP contribution in [0.3, 0.4) is 0 Å². The van der Waals surface area contributed by atoms with Gasteiger partial charge in [-0.25, -0.2) is 0 Å². The molecule has 0 N–H and O–H groups in total. The van der Waals surface area contributed by atoms with Crippen molar-refractivity contribution >= 4 is 17.7 Å². The number of carbonyl (C=O) groups is 3. The summed E-state index contributed by atoms with van der Waals surface area (Å²) in [6.45, 7) is 6.87. The molecule has 0 saturated carbocycles. The first-order chi connectivity index (χ1) is 9.81. The molecule has 0 aliphatic carbocycles. The summed E-state index contributed by atoms with van der Waals surface area (Å²) in [5, 5.41) is 0. The molecule has 6 heteroatoms. The average Bonchev–Trinajstić information content (AvgIpc) is 2.67. The molecular weight excluding hydrogens is 276 g/mol. The lowest BCUT2D eigenvalue weighted by molar-refractivity contribution is -0.164. The second-order valence-electron chi connectivity index (χ2n) is 5.81. The first kappa shape index (κ1) is 15.7. The molecule has 0 spiro atoms. The van der Waals surface area contributed by atoms with Crippen LogP contribution in [0.15, 0.2) is 12.2 Å². The van der Waals surface area contributed by atoms with Crippen LogP contribution in [0.25, 0.3) is 0 Å². The zero-order valence-corrected chi connectivity index (χ0v) is 12.6. The molecule has 2 aliphatic rings. The third-order valence-corrected chi connectivity index (χ3v) is 3.35. The Hall–Kier alpha value is -1.69. The number of carbonyl (C=O) groups excluding carboxylic acids is 3. The maximum atomic E-state index is 12.3. The fraction of sp³-hybridized carbons (Fsp3) is 0.667. The number of hydrogen-bond acceptors (Lipinski definition) is 6. The van der Waals surface area contributed by atoms with Crippen LogP contribution >= 0.6 is 0 Å². The fourth-order valence-electron chi connectivity index (χ4n) is 2.60. The van der Waals surface area contributed by atoms with Crippen molar-refractivity contribution in [1.29, 1.82) is 0 Å². The van der Waals surface area contributed by atoms with Crippen LogP contribution < -0.4 is 0 Å². The zero-order valence-electron chi connectivity index (χ0n) is 12.6. The van der Waals surface area contributed by atoms with E-state index in [1.807, 2.05) is 0 Å². The lowest BCUT2D eigenvalue weighted by Gasteiger charge is -2.21. The van der Waals surface area contributed by atoms with E-state index in [9.17, 15) is 14.4 Å². The van der Waals surface area contributed by atoms with Crippen LogP contribution in [-0.4, -0.2) is 42.1 Å². The smallest absolute Gasteiger partial charge is 0.313 e. The van der Waals surface area contributed by atoms with Gasteiger partial charge in [-0.2, -0.15) is 0 Å². The van der Waals surface area contributed by atoms with Crippen LogP contribution in [0.2, 0.25) is 0 Å². The lowest BCUT2D eigenvalue weighted by Crippen LogP contribution is -2.39. The molecular formula is C15H20O6. The number of fused-ring (bicyclic) bond motifs is 2. The van der Waals surface area contributed by atoms with Crippen LogP contribution in [0, 0.1) is 11.8 Å². The van der Waals surface area contributed by atoms with Gasteiger partial charge in [0.15, 0.2) is 5.78 Å². The highest BCUT2D eigenvalue weighted by Crippen LogP contribution is 2.39.